The van der Waals surface area contributed by atoms with Crippen LogP contribution in [0.5, 0.6) is 0 Å². The van der Waals surface area contributed by atoms with Crippen molar-refractivity contribution in [1.29, 1.82) is 0 Å². The van der Waals surface area contributed by atoms with Crippen molar-refractivity contribution in [3.63, 3.8) is 0 Å². The van der Waals surface area contributed by atoms with E-state index in [1.165, 1.54) is 0 Å². The lowest BCUT2D eigenvalue weighted by molar-refractivity contribution is -0.161. The molecule has 0 heterocycles. The van der Waals surface area contributed by atoms with E-state index in [0.717, 1.165) is 32.1 Å². The summed E-state index contributed by atoms with van der Waals surface area (Å²) in [5.74, 6) is 2.63. The van der Waals surface area contributed by atoms with Crippen LogP contribution in [0.2, 0.25) is 0 Å². The van der Waals surface area contributed by atoms with Gasteiger partial charge < -0.3 is 0 Å². The fourth-order valence-electron chi connectivity index (χ4n) is 7.53. The van der Waals surface area contributed by atoms with Crippen LogP contribution >= 0.6 is 0 Å². The van der Waals surface area contributed by atoms with Crippen molar-refractivity contribution < 1.29 is 14.4 Å². The Morgan fingerprint density at radius 3 is 2.50 bits per heavy atom. The Hall–Kier alpha value is -0.990. The summed E-state index contributed by atoms with van der Waals surface area (Å²) >= 11 is 0. The van der Waals surface area contributed by atoms with Gasteiger partial charge in [0.05, 0.1) is 0 Å². The lowest BCUT2D eigenvalue weighted by atomic mass is 9.44. The molecule has 0 aliphatic heterocycles. The molecular weight excluding hydrogens is 300 g/mol. The van der Waals surface area contributed by atoms with Gasteiger partial charge in [0.15, 0.2) is 0 Å². The number of Topliss-reactive ketones (excluding diaryl/α,β-unsaturated/α-hetero) is 3. The van der Waals surface area contributed by atoms with E-state index in [4.69, 9.17) is 0 Å². The van der Waals surface area contributed by atoms with E-state index in [1.54, 1.807) is 6.92 Å². The molecule has 0 unspecified atom stereocenters. The first kappa shape index (κ1) is 16.5. The molecule has 3 nitrogen and oxygen atoms in total. The van der Waals surface area contributed by atoms with Gasteiger partial charge in [0, 0.05) is 31.1 Å². The second-order valence-electron chi connectivity index (χ2n) is 9.66. The van der Waals surface area contributed by atoms with E-state index >= 15 is 0 Å². The Morgan fingerprint density at radius 1 is 1.04 bits per heavy atom. The molecule has 0 radical (unpaired) electrons. The molecular formula is C21H30O3. The Kier molecular flexibility index (Phi) is 3.61. The van der Waals surface area contributed by atoms with E-state index in [0.29, 0.717) is 48.6 Å². The van der Waals surface area contributed by atoms with Crippen molar-refractivity contribution in [1.82, 2.24) is 0 Å². The van der Waals surface area contributed by atoms with Crippen LogP contribution in [-0.2, 0) is 14.4 Å². The monoisotopic (exact) mass is 330 g/mol. The Labute approximate surface area is 144 Å². The summed E-state index contributed by atoms with van der Waals surface area (Å²) in [7, 11) is 0. The fraction of sp³-hybridized carbons (Fsp3) is 0.857. The number of carbonyl (C=O) groups excluding carboxylic acids is 3. The predicted octanol–water partition coefficient (Wildman–Crippen LogP) is 3.98. The van der Waals surface area contributed by atoms with Crippen molar-refractivity contribution in [3.8, 4) is 0 Å². The highest BCUT2D eigenvalue weighted by Crippen LogP contribution is 2.66. The van der Waals surface area contributed by atoms with Gasteiger partial charge in [0.1, 0.15) is 17.3 Å². The first-order valence-electron chi connectivity index (χ1n) is 9.82. The Morgan fingerprint density at radius 2 is 1.79 bits per heavy atom. The van der Waals surface area contributed by atoms with E-state index < -0.39 is 0 Å². The third-order valence-corrected chi connectivity index (χ3v) is 8.66. The lowest BCUT2D eigenvalue weighted by Crippen LogP contribution is -2.57. The maximum absolute atomic E-state index is 13.3. The van der Waals surface area contributed by atoms with Gasteiger partial charge in [-0.2, -0.15) is 0 Å². The molecule has 3 heteroatoms. The van der Waals surface area contributed by atoms with Crippen LogP contribution in [0.1, 0.15) is 72.1 Å². The number of carbonyl (C=O) groups is 3. The maximum Gasteiger partial charge on any atom is 0.137 e. The molecule has 0 aromatic heterocycles. The predicted molar refractivity (Wildman–Crippen MR) is 91.3 cm³/mol. The zero-order valence-electron chi connectivity index (χ0n) is 15.3. The number of hydrogen-bond donors (Lipinski definition) is 0. The van der Waals surface area contributed by atoms with Gasteiger partial charge in [-0.25, -0.2) is 0 Å². The molecule has 4 aliphatic rings. The van der Waals surface area contributed by atoms with Crippen LogP contribution in [0.25, 0.3) is 0 Å². The normalized spacial score (nSPS) is 50.9. The topological polar surface area (TPSA) is 51.2 Å². The third-order valence-electron chi connectivity index (χ3n) is 8.66. The summed E-state index contributed by atoms with van der Waals surface area (Å²) in [6, 6.07) is 0. The van der Waals surface area contributed by atoms with Crippen molar-refractivity contribution in [2.75, 3.05) is 0 Å². The van der Waals surface area contributed by atoms with Crippen LogP contribution in [0.4, 0.5) is 0 Å². The maximum atomic E-state index is 13.3. The molecule has 132 valence electrons. The second kappa shape index (κ2) is 5.25. The molecule has 4 aliphatic carbocycles. The Bertz CT molecular complexity index is 608. The molecule has 0 amide bonds. The van der Waals surface area contributed by atoms with E-state index in [2.05, 4.69) is 13.8 Å². The minimum atomic E-state index is -0.113. The minimum Gasteiger partial charge on any atom is -0.300 e. The van der Waals surface area contributed by atoms with Gasteiger partial charge in [-0.15, -0.1) is 0 Å². The molecule has 0 spiro atoms. The molecule has 4 rings (SSSR count). The summed E-state index contributed by atoms with van der Waals surface area (Å²) in [5.41, 5.74) is -0.0959. The van der Waals surface area contributed by atoms with E-state index in [1.807, 2.05) is 0 Å². The molecule has 0 bridgehead atoms. The van der Waals surface area contributed by atoms with Crippen LogP contribution in [0.3, 0.4) is 0 Å². The number of rotatable bonds is 1. The first-order valence-corrected chi connectivity index (χ1v) is 9.82. The molecule has 7 atom stereocenters. The summed E-state index contributed by atoms with van der Waals surface area (Å²) < 4.78 is 0. The average Bonchev–Trinajstić information content (AvgIpc) is 2.84. The summed E-state index contributed by atoms with van der Waals surface area (Å²) in [6.45, 7) is 6.21. The Balaban J connectivity index is 1.69. The lowest BCUT2D eigenvalue weighted by Gasteiger charge is -2.59. The van der Waals surface area contributed by atoms with Crippen molar-refractivity contribution in [2.24, 2.45) is 40.4 Å². The highest BCUT2D eigenvalue weighted by molar-refractivity contribution is 5.87. The van der Waals surface area contributed by atoms with Gasteiger partial charge in [-0.05, 0) is 67.6 Å². The van der Waals surface area contributed by atoms with Crippen LogP contribution in [0, 0.1) is 40.4 Å². The number of fused-ring (bicyclic) bond motifs is 5. The minimum absolute atomic E-state index is 0.0174. The number of hydrogen-bond acceptors (Lipinski definition) is 3. The summed E-state index contributed by atoms with van der Waals surface area (Å²) in [5, 5.41) is 0. The molecule has 0 saturated heterocycles. The van der Waals surface area contributed by atoms with Crippen molar-refractivity contribution in [2.45, 2.75) is 72.1 Å². The zero-order valence-corrected chi connectivity index (χ0v) is 15.3. The van der Waals surface area contributed by atoms with Gasteiger partial charge in [0.2, 0.25) is 0 Å². The summed E-state index contributed by atoms with van der Waals surface area (Å²) in [6.07, 6.45) is 7.05. The van der Waals surface area contributed by atoms with Gasteiger partial charge in [-0.1, -0.05) is 13.8 Å². The van der Waals surface area contributed by atoms with Crippen molar-refractivity contribution in [3.05, 3.63) is 0 Å². The highest BCUT2D eigenvalue weighted by Gasteiger charge is 2.63. The first-order chi connectivity index (χ1) is 11.3. The molecule has 4 saturated carbocycles. The highest BCUT2D eigenvalue weighted by atomic mass is 16.1. The average molecular weight is 330 g/mol. The molecule has 24 heavy (non-hydrogen) atoms. The third kappa shape index (κ3) is 2.05. The van der Waals surface area contributed by atoms with Crippen molar-refractivity contribution >= 4 is 17.3 Å². The molecule has 0 aromatic rings. The smallest absolute Gasteiger partial charge is 0.137 e. The largest absolute Gasteiger partial charge is 0.300 e. The fourth-order valence-corrected chi connectivity index (χ4v) is 7.53. The van der Waals surface area contributed by atoms with Crippen LogP contribution < -0.4 is 0 Å². The SMILES string of the molecule is CC(=O)[C@@H]1CC[C@@H]2[C@@H]3CC[C@H]4CC(=O)CC[C@]4(C)[C@@H]3C(=O)C[C@@]21C. The van der Waals surface area contributed by atoms with Gasteiger partial charge in [-0.3, -0.25) is 14.4 Å². The van der Waals surface area contributed by atoms with Gasteiger partial charge in [0.25, 0.3) is 0 Å². The molecule has 0 N–H and O–H groups in total. The standard InChI is InChI=1S/C21H30O3/c1-12(22)16-6-7-17-15-5-4-13-10-14(23)8-9-20(13,2)19(15)18(24)11-21(16,17)3/h13,15-17,19H,4-11H2,1-3H3/t13-,15-,16-,17+,19-,20-,21+/m0/s1. The summed E-state index contributed by atoms with van der Waals surface area (Å²) in [4.78, 5) is 37.4. The van der Waals surface area contributed by atoms with E-state index in [9.17, 15) is 14.4 Å². The molecule has 0 aromatic carbocycles. The second-order valence-corrected chi connectivity index (χ2v) is 9.66. The van der Waals surface area contributed by atoms with E-state index in [-0.39, 0.29) is 28.4 Å². The zero-order chi connectivity index (χ0) is 17.3. The van der Waals surface area contributed by atoms with Crippen LogP contribution in [-0.4, -0.2) is 17.3 Å². The van der Waals surface area contributed by atoms with Crippen LogP contribution in [0.15, 0.2) is 0 Å². The quantitative estimate of drug-likeness (QED) is 0.730. The molecule has 4 fully saturated rings. The number of ketones is 3. The van der Waals surface area contributed by atoms with Gasteiger partial charge >= 0.3 is 0 Å².